The number of anilines is 1. The number of non-ortho nitro benzene ring substituents is 1. The Hall–Kier alpha value is -3.67. The number of pyridine rings is 1. The third-order valence-electron chi connectivity index (χ3n) is 4.14. The average molecular weight is 420 g/mol. The lowest BCUT2D eigenvalue weighted by Gasteiger charge is -2.10. The van der Waals surface area contributed by atoms with Crippen LogP contribution in [0.25, 0.3) is 11.0 Å². The number of aromatic nitrogens is 2. The number of benzene rings is 1. The van der Waals surface area contributed by atoms with Crippen molar-refractivity contribution in [3.05, 3.63) is 52.3 Å². The SMILES string of the molecule is CCC(=O)ONc1ccnc2c1c(O)c(C)n2S(=O)(=O)c1cccc([N+](=O)[O-])c1. The molecule has 0 saturated carbocycles. The second-order valence-electron chi connectivity index (χ2n) is 5.94. The summed E-state index contributed by atoms with van der Waals surface area (Å²) in [4.78, 5) is 30.2. The van der Waals surface area contributed by atoms with Gasteiger partial charge < -0.3 is 9.94 Å². The van der Waals surface area contributed by atoms with Gasteiger partial charge >= 0.3 is 5.97 Å². The van der Waals surface area contributed by atoms with E-state index in [0.717, 1.165) is 10.0 Å². The number of rotatable bonds is 6. The van der Waals surface area contributed by atoms with Crippen molar-refractivity contribution in [1.29, 1.82) is 0 Å². The van der Waals surface area contributed by atoms with Crippen molar-refractivity contribution in [2.24, 2.45) is 0 Å². The molecule has 0 spiro atoms. The summed E-state index contributed by atoms with van der Waals surface area (Å²) in [6.45, 7) is 2.95. The molecular formula is C17H16N4O7S. The monoisotopic (exact) mass is 420 g/mol. The highest BCUT2D eigenvalue weighted by Gasteiger charge is 2.28. The quantitative estimate of drug-likeness (QED) is 0.452. The van der Waals surface area contributed by atoms with Gasteiger partial charge in [0.2, 0.25) is 0 Å². The number of nitro groups is 1. The molecule has 2 heterocycles. The molecule has 0 unspecified atom stereocenters. The van der Waals surface area contributed by atoms with Crippen LogP contribution in [0.5, 0.6) is 5.75 Å². The van der Waals surface area contributed by atoms with E-state index in [1.807, 2.05) is 0 Å². The van der Waals surface area contributed by atoms with Crippen molar-refractivity contribution >= 4 is 38.4 Å². The Morgan fingerprint density at radius 2 is 2.10 bits per heavy atom. The summed E-state index contributed by atoms with van der Waals surface area (Å²) in [6.07, 6.45) is 1.37. The van der Waals surface area contributed by atoms with Gasteiger partial charge in [-0.15, -0.1) is 0 Å². The van der Waals surface area contributed by atoms with Gasteiger partial charge in [-0.05, 0) is 19.1 Å². The van der Waals surface area contributed by atoms with Gasteiger partial charge in [0.1, 0.15) is 5.75 Å². The molecule has 12 heteroatoms. The number of carbonyl (C=O) groups excluding carboxylic acids is 1. The molecule has 29 heavy (non-hydrogen) atoms. The predicted molar refractivity (Wildman–Crippen MR) is 102 cm³/mol. The fraction of sp³-hybridized carbons (Fsp3) is 0.176. The lowest BCUT2D eigenvalue weighted by molar-refractivity contribution is -0.385. The van der Waals surface area contributed by atoms with Crippen LogP contribution < -0.4 is 5.48 Å². The molecule has 0 bridgehead atoms. The largest absolute Gasteiger partial charge is 0.505 e. The van der Waals surface area contributed by atoms with Crippen molar-refractivity contribution < 1.29 is 28.1 Å². The maximum Gasteiger partial charge on any atom is 0.331 e. The van der Waals surface area contributed by atoms with E-state index in [9.17, 15) is 28.4 Å². The van der Waals surface area contributed by atoms with E-state index in [0.29, 0.717) is 0 Å². The number of carbonyl (C=O) groups is 1. The molecule has 0 radical (unpaired) electrons. The fourth-order valence-electron chi connectivity index (χ4n) is 2.70. The molecule has 2 N–H and O–H groups in total. The Morgan fingerprint density at radius 3 is 2.76 bits per heavy atom. The topological polar surface area (TPSA) is 154 Å². The van der Waals surface area contributed by atoms with Crippen molar-refractivity contribution in [2.75, 3.05) is 5.48 Å². The van der Waals surface area contributed by atoms with Crippen LogP contribution in [0.4, 0.5) is 11.4 Å². The smallest absolute Gasteiger partial charge is 0.331 e. The molecule has 3 aromatic rings. The van der Waals surface area contributed by atoms with Gasteiger partial charge in [-0.25, -0.2) is 27.6 Å². The fourth-order valence-corrected chi connectivity index (χ4v) is 4.24. The first-order valence-corrected chi connectivity index (χ1v) is 9.77. The molecule has 0 atom stereocenters. The molecule has 3 rings (SSSR count). The van der Waals surface area contributed by atoms with E-state index in [1.54, 1.807) is 6.92 Å². The Morgan fingerprint density at radius 1 is 1.38 bits per heavy atom. The first kappa shape index (κ1) is 20.1. The zero-order chi connectivity index (χ0) is 21.3. The lowest BCUT2D eigenvalue weighted by atomic mass is 10.2. The summed E-state index contributed by atoms with van der Waals surface area (Å²) in [5.74, 6) is -0.952. The molecule has 1 aromatic carbocycles. The predicted octanol–water partition coefficient (Wildman–Crippen LogP) is 2.48. The Bertz CT molecular complexity index is 1230. The highest BCUT2D eigenvalue weighted by Crippen LogP contribution is 2.38. The third kappa shape index (κ3) is 3.45. The van der Waals surface area contributed by atoms with Crippen LogP contribution in [0.2, 0.25) is 0 Å². The summed E-state index contributed by atoms with van der Waals surface area (Å²) in [7, 11) is -4.33. The number of aromatic hydroxyl groups is 1. The molecule has 0 amide bonds. The van der Waals surface area contributed by atoms with Crippen LogP contribution in [0.1, 0.15) is 19.0 Å². The second kappa shape index (κ2) is 7.39. The molecule has 0 fully saturated rings. The van der Waals surface area contributed by atoms with Gasteiger partial charge in [-0.3, -0.25) is 10.1 Å². The first-order valence-electron chi connectivity index (χ1n) is 8.33. The number of nitrogens with one attached hydrogen (secondary N) is 1. The van der Waals surface area contributed by atoms with Crippen LogP contribution in [0.15, 0.2) is 41.4 Å². The molecule has 2 aromatic heterocycles. The zero-order valence-electron chi connectivity index (χ0n) is 15.3. The Balaban J connectivity index is 2.20. The highest BCUT2D eigenvalue weighted by atomic mass is 32.2. The van der Waals surface area contributed by atoms with E-state index >= 15 is 0 Å². The lowest BCUT2D eigenvalue weighted by Crippen LogP contribution is -2.15. The van der Waals surface area contributed by atoms with E-state index in [2.05, 4.69) is 10.5 Å². The Labute approximate surface area is 164 Å². The van der Waals surface area contributed by atoms with E-state index in [1.165, 1.54) is 37.4 Å². The van der Waals surface area contributed by atoms with Crippen LogP contribution in [-0.2, 0) is 19.7 Å². The molecule has 11 nitrogen and oxygen atoms in total. The van der Waals surface area contributed by atoms with E-state index < -0.39 is 32.4 Å². The van der Waals surface area contributed by atoms with Gasteiger partial charge in [0.05, 0.1) is 26.6 Å². The summed E-state index contributed by atoms with van der Waals surface area (Å²) in [6, 6.07) is 5.93. The van der Waals surface area contributed by atoms with Crippen molar-refractivity contribution in [1.82, 2.24) is 8.96 Å². The number of nitrogens with zero attached hydrogens (tertiary/aromatic N) is 3. The minimum Gasteiger partial charge on any atom is -0.505 e. The zero-order valence-corrected chi connectivity index (χ0v) is 16.1. The number of hydrogen-bond acceptors (Lipinski definition) is 9. The molecule has 152 valence electrons. The minimum atomic E-state index is -4.33. The van der Waals surface area contributed by atoms with Gasteiger partial charge in [0.25, 0.3) is 15.7 Å². The number of hydrogen-bond donors (Lipinski definition) is 2. The minimum absolute atomic E-state index is 0.0166. The first-order chi connectivity index (χ1) is 13.7. The van der Waals surface area contributed by atoms with Crippen LogP contribution in [0.3, 0.4) is 0 Å². The second-order valence-corrected chi connectivity index (χ2v) is 7.73. The molecule has 0 aliphatic rings. The maximum atomic E-state index is 13.2. The number of nitro benzene ring substituents is 1. The average Bonchev–Trinajstić information content (AvgIpc) is 2.97. The third-order valence-corrected chi connectivity index (χ3v) is 5.91. The van der Waals surface area contributed by atoms with Crippen molar-refractivity contribution in [3.8, 4) is 5.75 Å². The van der Waals surface area contributed by atoms with E-state index in [-0.39, 0.29) is 33.7 Å². The van der Waals surface area contributed by atoms with Gasteiger partial charge in [-0.1, -0.05) is 13.0 Å². The molecule has 0 saturated heterocycles. The normalized spacial score (nSPS) is 11.4. The maximum absolute atomic E-state index is 13.2. The van der Waals surface area contributed by atoms with Crippen LogP contribution in [-0.4, -0.2) is 33.4 Å². The van der Waals surface area contributed by atoms with Crippen LogP contribution >= 0.6 is 0 Å². The highest BCUT2D eigenvalue weighted by molar-refractivity contribution is 7.90. The van der Waals surface area contributed by atoms with E-state index in [4.69, 9.17) is 4.84 Å². The summed E-state index contributed by atoms with van der Waals surface area (Å²) >= 11 is 0. The van der Waals surface area contributed by atoms with Crippen molar-refractivity contribution in [3.63, 3.8) is 0 Å². The summed E-state index contributed by atoms with van der Waals surface area (Å²) in [5.41, 5.74) is 1.93. The standard InChI is InChI=1S/C17H16N4O7S/c1-3-14(22)28-19-13-7-8-18-17-15(13)16(23)10(2)20(17)29(26,27)12-6-4-5-11(9-12)21(24)25/h4-9,23H,3H2,1-2H3,(H,18,19). The molecule has 0 aliphatic carbocycles. The van der Waals surface area contributed by atoms with Gasteiger partial charge in [0, 0.05) is 24.8 Å². The van der Waals surface area contributed by atoms with Crippen LogP contribution in [0, 0.1) is 17.0 Å². The Kier molecular flexibility index (Phi) is 5.12. The molecular weight excluding hydrogens is 404 g/mol. The van der Waals surface area contributed by atoms with Gasteiger partial charge in [0.15, 0.2) is 5.65 Å². The molecule has 0 aliphatic heterocycles. The summed E-state index contributed by atoms with van der Waals surface area (Å²) in [5, 5.41) is 21.5. The van der Waals surface area contributed by atoms with Crippen molar-refractivity contribution in [2.45, 2.75) is 25.2 Å². The number of fused-ring (bicyclic) bond motifs is 1. The summed E-state index contributed by atoms with van der Waals surface area (Å²) < 4.78 is 27.1. The van der Waals surface area contributed by atoms with Gasteiger partial charge in [-0.2, -0.15) is 0 Å².